The van der Waals surface area contributed by atoms with Crippen molar-refractivity contribution in [2.45, 2.75) is 25.3 Å². The first-order chi connectivity index (χ1) is 16.8. The summed E-state index contributed by atoms with van der Waals surface area (Å²) >= 11 is 0. The van der Waals surface area contributed by atoms with E-state index >= 15 is 0 Å². The first-order valence-corrected chi connectivity index (χ1v) is 11.0. The van der Waals surface area contributed by atoms with Gasteiger partial charge >= 0.3 is 12.3 Å². The highest BCUT2D eigenvalue weighted by atomic mass is 19.4. The molecule has 5 rings (SSSR count). The lowest BCUT2D eigenvalue weighted by Crippen LogP contribution is -2.54. The number of fused-ring (bicyclic) bond motifs is 1. The summed E-state index contributed by atoms with van der Waals surface area (Å²) in [6.45, 7) is 1.50. The minimum atomic E-state index is -4.45. The van der Waals surface area contributed by atoms with Gasteiger partial charge in [-0.1, -0.05) is 0 Å². The SMILES string of the molecule is O=C1NCc2cc(-c3[nH]ncc3CN3CCN(c4ccc(C(F)(F)F)cn4)CC3CF)ccc2O1. The van der Waals surface area contributed by atoms with Crippen LogP contribution in [-0.4, -0.2) is 58.5 Å². The number of benzene rings is 1. The fourth-order valence-corrected chi connectivity index (χ4v) is 4.37. The van der Waals surface area contributed by atoms with E-state index in [0.29, 0.717) is 44.3 Å². The fourth-order valence-electron chi connectivity index (χ4n) is 4.37. The van der Waals surface area contributed by atoms with Gasteiger partial charge in [0.05, 0.1) is 23.5 Å². The van der Waals surface area contributed by atoms with E-state index in [1.807, 2.05) is 17.0 Å². The van der Waals surface area contributed by atoms with E-state index in [1.54, 1.807) is 17.2 Å². The molecule has 4 heterocycles. The molecule has 12 heteroatoms. The summed E-state index contributed by atoms with van der Waals surface area (Å²) in [6, 6.07) is 7.33. The molecule has 1 unspecified atom stereocenters. The van der Waals surface area contributed by atoms with Gasteiger partial charge in [-0.2, -0.15) is 18.3 Å². The minimum Gasteiger partial charge on any atom is -0.410 e. The number of pyridine rings is 1. The molecule has 1 amide bonds. The summed E-state index contributed by atoms with van der Waals surface area (Å²) in [6.07, 6.45) is -2.44. The lowest BCUT2D eigenvalue weighted by molar-refractivity contribution is -0.137. The minimum absolute atomic E-state index is 0.304. The lowest BCUT2D eigenvalue weighted by Gasteiger charge is -2.40. The summed E-state index contributed by atoms with van der Waals surface area (Å²) in [4.78, 5) is 19.1. The molecule has 2 aliphatic rings. The molecule has 1 saturated heterocycles. The Hall–Kier alpha value is -3.67. The van der Waals surface area contributed by atoms with Crippen LogP contribution in [0.5, 0.6) is 5.75 Å². The van der Waals surface area contributed by atoms with Crippen LogP contribution in [0.25, 0.3) is 11.3 Å². The van der Waals surface area contributed by atoms with E-state index in [4.69, 9.17) is 4.74 Å². The maximum atomic E-state index is 14.0. The van der Waals surface area contributed by atoms with Crippen LogP contribution >= 0.6 is 0 Å². The Kier molecular flexibility index (Phi) is 6.05. The van der Waals surface area contributed by atoms with Gasteiger partial charge in [0.15, 0.2) is 0 Å². The molecule has 184 valence electrons. The number of amides is 1. The number of carbonyl (C=O) groups is 1. The molecule has 0 saturated carbocycles. The number of hydrogen-bond acceptors (Lipinski definition) is 6. The number of hydrogen-bond donors (Lipinski definition) is 2. The Labute approximate surface area is 197 Å². The van der Waals surface area contributed by atoms with Gasteiger partial charge in [0.25, 0.3) is 0 Å². The molecular formula is C23H22F4N6O2. The monoisotopic (exact) mass is 490 g/mol. The van der Waals surface area contributed by atoms with E-state index in [-0.39, 0.29) is 0 Å². The van der Waals surface area contributed by atoms with Gasteiger partial charge < -0.3 is 15.0 Å². The van der Waals surface area contributed by atoms with Crippen LogP contribution in [0.1, 0.15) is 16.7 Å². The van der Waals surface area contributed by atoms with Crippen LogP contribution in [0.4, 0.5) is 28.2 Å². The Morgan fingerprint density at radius 1 is 1.14 bits per heavy atom. The topological polar surface area (TPSA) is 86.4 Å². The fraction of sp³-hybridized carbons (Fsp3) is 0.348. The van der Waals surface area contributed by atoms with Gasteiger partial charge in [-0.25, -0.2) is 14.2 Å². The second-order valence-electron chi connectivity index (χ2n) is 8.46. The highest BCUT2D eigenvalue weighted by Gasteiger charge is 2.32. The maximum Gasteiger partial charge on any atom is 0.417 e. The number of nitrogens with one attached hydrogen (secondary N) is 2. The number of aromatic nitrogens is 3. The van der Waals surface area contributed by atoms with Crippen molar-refractivity contribution in [3.05, 3.63) is 59.4 Å². The van der Waals surface area contributed by atoms with E-state index in [1.165, 1.54) is 6.07 Å². The van der Waals surface area contributed by atoms with Crippen molar-refractivity contribution >= 4 is 11.9 Å². The zero-order chi connectivity index (χ0) is 24.6. The standard InChI is InChI=1S/C23H22F4N6O2/c24-8-18-13-33(20-4-2-17(11-28-20)23(25,26)27)6-5-32(18)12-16-10-30-31-21(16)14-1-3-19-15(7-14)9-29-22(34)35-19/h1-4,7,10-11,18H,5-6,8-9,12-13H2,(H,29,34)(H,30,31). The highest BCUT2D eigenvalue weighted by molar-refractivity contribution is 5.74. The van der Waals surface area contributed by atoms with Crippen molar-refractivity contribution in [2.24, 2.45) is 0 Å². The van der Waals surface area contributed by atoms with E-state index in [9.17, 15) is 22.4 Å². The third-order valence-corrected chi connectivity index (χ3v) is 6.25. The molecule has 0 spiro atoms. The number of rotatable bonds is 5. The van der Waals surface area contributed by atoms with Crippen molar-refractivity contribution < 1.29 is 27.1 Å². The van der Waals surface area contributed by atoms with Crippen molar-refractivity contribution in [3.8, 4) is 17.0 Å². The molecule has 35 heavy (non-hydrogen) atoms. The second-order valence-corrected chi connectivity index (χ2v) is 8.46. The molecule has 1 fully saturated rings. The number of aromatic amines is 1. The van der Waals surface area contributed by atoms with Gasteiger partial charge in [-0.15, -0.1) is 0 Å². The van der Waals surface area contributed by atoms with Crippen molar-refractivity contribution in [1.82, 2.24) is 25.4 Å². The van der Waals surface area contributed by atoms with Crippen molar-refractivity contribution in [1.29, 1.82) is 0 Å². The normalized spacial score (nSPS) is 18.7. The van der Waals surface area contributed by atoms with Gasteiger partial charge in [0, 0.05) is 55.6 Å². The number of alkyl halides is 4. The average Bonchev–Trinajstić information content (AvgIpc) is 3.31. The molecule has 0 aliphatic carbocycles. The molecule has 8 nitrogen and oxygen atoms in total. The van der Waals surface area contributed by atoms with Crippen LogP contribution in [0, 0.1) is 0 Å². The Balaban J connectivity index is 1.29. The van der Waals surface area contributed by atoms with Crippen LogP contribution in [-0.2, 0) is 19.3 Å². The highest BCUT2D eigenvalue weighted by Crippen LogP contribution is 2.32. The predicted octanol–water partition coefficient (Wildman–Crippen LogP) is 3.75. The summed E-state index contributed by atoms with van der Waals surface area (Å²) in [5.74, 6) is 0.896. The van der Waals surface area contributed by atoms with E-state index in [0.717, 1.165) is 34.6 Å². The summed E-state index contributed by atoms with van der Waals surface area (Å²) in [5, 5.41) is 9.80. The number of halogens is 4. The number of anilines is 1. The Morgan fingerprint density at radius 2 is 2.00 bits per heavy atom. The maximum absolute atomic E-state index is 14.0. The van der Waals surface area contributed by atoms with Crippen molar-refractivity contribution in [2.75, 3.05) is 31.2 Å². The smallest absolute Gasteiger partial charge is 0.410 e. The number of nitrogens with zero attached hydrogens (tertiary/aromatic N) is 4. The third kappa shape index (κ3) is 4.78. The van der Waals surface area contributed by atoms with Gasteiger partial charge in [-0.3, -0.25) is 10.00 Å². The number of carbonyl (C=O) groups excluding carboxylic acids is 1. The second kappa shape index (κ2) is 9.17. The summed E-state index contributed by atoms with van der Waals surface area (Å²) in [5.41, 5.74) is 2.55. The number of ether oxygens (including phenoxy) is 1. The number of piperazine rings is 1. The van der Waals surface area contributed by atoms with Gasteiger partial charge in [0.1, 0.15) is 18.2 Å². The Morgan fingerprint density at radius 3 is 2.74 bits per heavy atom. The average molecular weight is 490 g/mol. The largest absolute Gasteiger partial charge is 0.417 e. The van der Waals surface area contributed by atoms with Crippen LogP contribution in [0.2, 0.25) is 0 Å². The predicted molar refractivity (Wildman–Crippen MR) is 119 cm³/mol. The molecule has 3 aromatic rings. The zero-order valence-electron chi connectivity index (χ0n) is 18.5. The van der Waals surface area contributed by atoms with Crippen LogP contribution < -0.4 is 15.0 Å². The molecule has 1 atom stereocenters. The third-order valence-electron chi connectivity index (χ3n) is 6.25. The van der Waals surface area contributed by atoms with E-state index < -0.39 is 30.5 Å². The van der Waals surface area contributed by atoms with Crippen molar-refractivity contribution in [3.63, 3.8) is 0 Å². The molecule has 2 aliphatic heterocycles. The molecular weight excluding hydrogens is 468 g/mol. The van der Waals surface area contributed by atoms with Gasteiger partial charge in [0.2, 0.25) is 0 Å². The molecule has 1 aromatic carbocycles. The molecule has 0 radical (unpaired) electrons. The molecule has 2 N–H and O–H groups in total. The lowest BCUT2D eigenvalue weighted by atomic mass is 10.0. The van der Waals surface area contributed by atoms with Crippen LogP contribution in [0.15, 0.2) is 42.7 Å². The van der Waals surface area contributed by atoms with E-state index in [2.05, 4.69) is 20.5 Å². The summed E-state index contributed by atoms with van der Waals surface area (Å²) in [7, 11) is 0. The first kappa shape index (κ1) is 23.1. The quantitative estimate of drug-likeness (QED) is 0.530. The molecule has 0 bridgehead atoms. The summed E-state index contributed by atoms with van der Waals surface area (Å²) < 4.78 is 57.6. The Bertz CT molecular complexity index is 1210. The van der Waals surface area contributed by atoms with Gasteiger partial charge in [-0.05, 0) is 30.3 Å². The molecule has 2 aromatic heterocycles. The number of H-pyrrole nitrogens is 1. The zero-order valence-corrected chi connectivity index (χ0v) is 18.5. The van der Waals surface area contributed by atoms with Crippen LogP contribution in [0.3, 0.4) is 0 Å². The first-order valence-electron chi connectivity index (χ1n) is 11.0.